The molecule has 0 aliphatic heterocycles. The molecule has 0 aromatic heterocycles. The van der Waals surface area contributed by atoms with Crippen molar-refractivity contribution >= 4 is 0 Å². The van der Waals surface area contributed by atoms with E-state index >= 15 is 0 Å². The van der Waals surface area contributed by atoms with E-state index in [1.807, 2.05) is 0 Å². The van der Waals surface area contributed by atoms with E-state index in [-0.39, 0.29) is 18.9 Å². The largest absolute Gasteiger partial charge is 1.00 e. The Labute approximate surface area is 68.9 Å². The van der Waals surface area contributed by atoms with E-state index < -0.39 is 0 Å². The van der Waals surface area contributed by atoms with Crippen LogP contribution in [0.3, 0.4) is 0 Å². The van der Waals surface area contributed by atoms with E-state index in [9.17, 15) is 0 Å². The van der Waals surface area contributed by atoms with Crippen LogP contribution in [-0.2, 0) is 0 Å². The SMILES string of the molecule is [C-]#CC1CC=CCC1.[Li+]. The first-order valence-electron chi connectivity index (χ1n) is 3.01. The maximum atomic E-state index is 6.81. The van der Waals surface area contributed by atoms with E-state index in [0.29, 0.717) is 5.92 Å². The van der Waals surface area contributed by atoms with Gasteiger partial charge in [0.05, 0.1) is 0 Å². The third-order valence-corrected chi connectivity index (χ3v) is 1.47. The molecule has 0 saturated heterocycles. The van der Waals surface area contributed by atoms with Gasteiger partial charge in [0.25, 0.3) is 0 Å². The molecule has 0 fully saturated rings. The van der Waals surface area contributed by atoms with Crippen LogP contribution in [0, 0.1) is 18.3 Å². The quantitative estimate of drug-likeness (QED) is 0.162. The van der Waals surface area contributed by atoms with E-state index in [0.717, 1.165) is 19.3 Å². The molecule has 0 aromatic rings. The summed E-state index contributed by atoms with van der Waals surface area (Å²) in [6.45, 7) is 0. The minimum atomic E-state index is 0. The second-order valence-electron chi connectivity index (χ2n) is 2.13. The summed E-state index contributed by atoms with van der Waals surface area (Å²) < 4.78 is 0. The van der Waals surface area contributed by atoms with Crippen LogP contribution in [0.5, 0.6) is 0 Å². The van der Waals surface area contributed by atoms with Gasteiger partial charge in [-0.2, -0.15) is 0 Å². The summed E-state index contributed by atoms with van der Waals surface area (Å²) in [5.41, 5.74) is 0. The van der Waals surface area contributed by atoms with Gasteiger partial charge in [0.2, 0.25) is 0 Å². The summed E-state index contributed by atoms with van der Waals surface area (Å²) in [5, 5.41) is 0. The van der Waals surface area contributed by atoms with Gasteiger partial charge in [0.1, 0.15) is 0 Å². The van der Waals surface area contributed by atoms with E-state index in [1.165, 1.54) is 0 Å². The summed E-state index contributed by atoms with van der Waals surface area (Å²) in [7, 11) is 0. The first-order chi connectivity index (χ1) is 3.93. The predicted molar refractivity (Wildman–Crippen MR) is 33.6 cm³/mol. The Morgan fingerprint density at radius 3 is 2.56 bits per heavy atom. The van der Waals surface area contributed by atoms with Crippen molar-refractivity contribution in [3.63, 3.8) is 0 Å². The van der Waals surface area contributed by atoms with Gasteiger partial charge in [-0.15, -0.1) is 0 Å². The molecular formula is C8H9Li. The van der Waals surface area contributed by atoms with Gasteiger partial charge in [-0.25, -0.2) is 0 Å². The third kappa shape index (κ3) is 2.80. The maximum absolute atomic E-state index is 6.81. The zero-order valence-electron chi connectivity index (χ0n) is 5.85. The Kier molecular flexibility index (Phi) is 4.69. The van der Waals surface area contributed by atoms with Crippen LogP contribution >= 0.6 is 0 Å². The summed E-state index contributed by atoms with van der Waals surface area (Å²) in [5.74, 6) is 2.92. The zero-order valence-corrected chi connectivity index (χ0v) is 5.85. The van der Waals surface area contributed by atoms with E-state index in [1.54, 1.807) is 0 Å². The maximum Gasteiger partial charge on any atom is 1.00 e. The van der Waals surface area contributed by atoms with E-state index in [4.69, 9.17) is 6.42 Å². The third-order valence-electron chi connectivity index (χ3n) is 1.47. The van der Waals surface area contributed by atoms with Crippen LogP contribution in [0.1, 0.15) is 19.3 Å². The Bertz CT molecular complexity index is 130. The second kappa shape index (κ2) is 4.75. The molecule has 1 atom stereocenters. The fourth-order valence-corrected chi connectivity index (χ4v) is 0.925. The smallest absolute Gasteiger partial charge is 0.693 e. The molecule has 0 bridgehead atoms. The minimum absolute atomic E-state index is 0. The number of hydrogen-bond donors (Lipinski definition) is 0. The standard InChI is InChI=1S/C8H9.Li/c1-2-8-6-4-3-5-7-8;/h3-4,8H,5-7H2;/q-1;+1. The zero-order chi connectivity index (χ0) is 5.82. The van der Waals surface area contributed by atoms with Gasteiger partial charge in [-0.3, -0.25) is 0 Å². The van der Waals surface area contributed by atoms with Crippen molar-refractivity contribution in [1.29, 1.82) is 0 Å². The topological polar surface area (TPSA) is 0 Å². The fourth-order valence-electron chi connectivity index (χ4n) is 0.925. The molecule has 0 nitrogen and oxygen atoms in total. The van der Waals surface area contributed by atoms with Crippen molar-refractivity contribution in [2.75, 3.05) is 0 Å². The molecule has 1 heteroatoms. The molecule has 0 N–H and O–H groups in total. The molecule has 1 aliphatic carbocycles. The molecule has 9 heavy (non-hydrogen) atoms. The molecule has 0 aromatic carbocycles. The van der Waals surface area contributed by atoms with E-state index in [2.05, 4.69) is 18.1 Å². The average molecular weight is 112 g/mol. The summed E-state index contributed by atoms with van der Waals surface area (Å²) in [6, 6.07) is 0. The number of hydrogen-bond acceptors (Lipinski definition) is 0. The van der Waals surface area contributed by atoms with Crippen LogP contribution in [0.4, 0.5) is 0 Å². The molecule has 1 rings (SSSR count). The number of rotatable bonds is 0. The summed E-state index contributed by atoms with van der Waals surface area (Å²) in [6.07, 6.45) is 14.4. The second-order valence-corrected chi connectivity index (χ2v) is 2.13. The van der Waals surface area contributed by atoms with Gasteiger partial charge >= 0.3 is 18.9 Å². The van der Waals surface area contributed by atoms with Crippen molar-refractivity contribution in [3.05, 3.63) is 18.6 Å². The average Bonchev–Trinajstić information content (AvgIpc) is 1.90. The van der Waals surface area contributed by atoms with Crippen LogP contribution in [-0.4, -0.2) is 0 Å². The Balaban J connectivity index is 0.000000640. The molecule has 0 spiro atoms. The minimum Gasteiger partial charge on any atom is -0.693 e. The first-order valence-corrected chi connectivity index (χ1v) is 3.01. The van der Waals surface area contributed by atoms with Crippen LogP contribution in [0.15, 0.2) is 12.2 Å². The molecule has 0 radical (unpaired) electrons. The molecule has 42 valence electrons. The summed E-state index contributed by atoms with van der Waals surface area (Å²) in [4.78, 5) is 0. The molecule has 1 unspecified atom stereocenters. The van der Waals surface area contributed by atoms with Crippen LogP contribution in [0.2, 0.25) is 0 Å². The Morgan fingerprint density at radius 2 is 2.22 bits per heavy atom. The van der Waals surface area contributed by atoms with Crippen molar-refractivity contribution in [2.24, 2.45) is 5.92 Å². The fraction of sp³-hybridized carbons (Fsp3) is 0.500. The van der Waals surface area contributed by atoms with Gasteiger partial charge in [-0.1, -0.05) is 12.2 Å². The molecule has 0 heterocycles. The normalized spacial score (nSPS) is 24.1. The predicted octanol–water partition coefficient (Wildman–Crippen LogP) is -1.06. The van der Waals surface area contributed by atoms with Crippen molar-refractivity contribution < 1.29 is 18.9 Å². The Hall–Kier alpha value is -0.103. The molecule has 1 aliphatic rings. The van der Waals surface area contributed by atoms with Crippen molar-refractivity contribution in [1.82, 2.24) is 0 Å². The molecule has 0 saturated carbocycles. The van der Waals surface area contributed by atoms with Gasteiger partial charge < -0.3 is 12.3 Å². The van der Waals surface area contributed by atoms with Crippen molar-refractivity contribution in [2.45, 2.75) is 19.3 Å². The van der Waals surface area contributed by atoms with Crippen LogP contribution < -0.4 is 18.9 Å². The molecular weight excluding hydrogens is 103 g/mol. The first kappa shape index (κ1) is 8.90. The van der Waals surface area contributed by atoms with Gasteiger partial charge in [-0.05, 0) is 25.2 Å². The van der Waals surface area contributed by atoms with Gasteiger partial charge in [0, 0.05) is 0 Å². The number of allylic oxidation sites excluding steroid dienone is 2. The summed E-state index contributed by atoms with van der Waals surface area (Å²) >= 11 is 0. The van der Waals surface area contributed by atoms with Crippen LogP contribution in [0.25, 0.3) is 0 Å². The molecule has 0 amide bonds. The monoisotopic (exact) mass is 112 g/mol. The van der Waals surface area contributed by atoms with Crippen molar-refractivity contribution in [3.8, 4) is 5.92 Å². The van der Waals surface area contributed by atoms with Gasteiger partial charge in [0.15, 0.2) is 0 Å². The Morgan fingerprint density at radius 1 is 1.44 bits per heavy atom.